The monoisotopic (exact) mass is 295 g/mol. The lowest BCUT2D eigenvalue weighted by Crippen LogP contribution is -2.67. The van der Waals surface area contributed by atoms with E-state index in [1.54, 1.807) is 0 Å². The topological polar surface area (TPSA) is 53.6 Å². The minimum atomic E-state index is -0.0638. The van der Waals surface area contributed by atoms with Gasteiger partial charge in [0.25, 0.3) is 0 Å². The molecule has 2 N–H and O–H groups in total. The largest absolute Gasteiger partial charge is 0.373 e. The van der Waals surface area contributed by atoms with Gasteiger partial charge in [0.1, 0.15) is 0 Å². The molecule has 21 heavy (non-hydrogen) atoms. The molecule has 5 nitrogen and oxygen atoms in total. The van der Waals surface area contributed by atoms with E-state index in [9.17, 15) is 4.79 Å². The summed E-state index contributed by atoms with van der Waals surface area (Å²) < 4.78 is 5.71. The summed E-state index contributed by atoms with van der Waals surface area (Å²) in [6.07, 6.45) is 5.01. The summed E-state index contributed by atoms with van der Waals surface area (Å²) in [5.41, 5.74) is 0.219. The van der Waals surface area contributed by atoms with Crippen LogP contribution in [0, 0.1) is 5.41 Å². The second kappa shape index (κ2) is 5.86. The summed E-state index contributed by atoms with van der Waals surface area (Å²) in [5, 5.41) is 6.46. The molecule has 3 rings (SSSR count). The molecule has 2 heterocycles. The van der Waals surface area contributed by atoms with E-state index < -0.39 is 0 Å². The van der Waals surface area contributed by atoms with Gasteiger partial charge < -0.3 is 15.4 Å². The zero-order chi connectivity index (χ0) is 14.9. The lowest BCUT2D eigenvalue weighted by molar-refractivity contribution is -0.130. The van der Waals surface area contributed by atoms with E-state index in [2.05, 4.69) is 29.4 Å². The van der Waals surface area contributed by atoms with Crippen LogP contribution in [0.25, 0.3) is 0 Å². The summed E-state index contributed by atoms with van der Waals surface area (Å²) in [6, 6.07) is 0.0566. The van der Waals surface area contributed by atoms with Crippen molar-refractivity contribution in [2.45, 2.75) is 51.2 Å². The molecule has 1 unspecified atom stereocenters. The molecular formula is C16H29N3O2. The van der Waals surface area contributed by atoms with Crippen LogP contribution in [-0.2, 0) is 9.53 Å². The maximum Gasteiger partial charge on any atom is 0.237 e. The first-order valence-corrected chi connectivity index (χ1v) is 8.38. The Morgan fingerprint density at radius 2 is 2.14 bits per heavy atom. The van der Waals surface area contributed by atoms with E-state index in [1.807, 2.05) is 0 Å². The molecule has 2 saturated heterocycles. The van der Waals surface area contributed by atoms with Crippen LogP contribution in [0.15, 0.2) is 0 Å². The first kappa shape index (κ1) is 15.3. The molecule has 0 radical (unpaired) electrons. The fourth-order valence-electron chi connectivity index (χ4n) is 4.15. The Bertz CT molecular complexity index is 391. The van der Waals surface area contributed by atoms with Crippen LogP contribution in [0.5, 0.6) is 0 Å². The lowest BCUT2D eigenvalue weighted by Gasteiger charge is -2.47. The number of ether oxygens (including phenoxy) is 1. The minimum absolute atomic E-state index is 0.0566. The predicted octanol–water partition coefficient (Wildman–Crippen LogP) is 0.746. The maximum atomic E-state index is 12.3. The van der Waals surface area contributed by atoms with Gasteiger partial charge in [0.15, 0.2) is 0 Å². The minimum Gasteiger partial charge on any atom is -0.373 e. The Labute approximate surface area is 127 Å². The zero-order valence-corrected chi connectivity index (χ0v) is 13.4. The first-order chi connectivity index (χ1) is 10.0. The number of nitrogens with one attached hydrogen (secondary N) is 2. The molecule has 120 valence electrons. The highest BCUT2D eigenvalue weighted by Crippen LogP contribution is 2.45. The Kier molecular flexibility index (Phi) is 4.26. The number of hydrogen-bond donors (Lipinski definition) is 2. The van der Waals surface area contributed by atoms with E-state index in [0.717, 1.165) is 39.3 Å². The molecule has 1 aliphatic carbocycles. The number of nitrogens with zero attached hydrogens (tertiary/aromatic N) is 1. The van der Waals surface area contributed by atoms with Crippen molar-refractivity contribution in [2.75, 3.05) is 39.3 Å². The van der Waals surface area contributed by atoms with Crippen molar-refractivity contribution >= 4 is 5.91 Å². The van der Waals surface area contributed by atoms with Gasteiger partial charge in [-0.15, -0.1) is 0 Å². The van der Waals surface area contributed by atoms with E-state index in [4.69, 9.17) is 4.74 Å². The molecule has 1 atom stereocenters. The highest BCUT2D eigenvalue weighted by molar-refractivity contribution is 5.84. The SMILES string of the molecule is CC1(C)CN(CCNC(=O)C2NCC23CCCC3)CCO1. The quantitative estimate of drug-likeness (QED) is 0.803. The van der Waals surface area contributed by atoms with Crippen molar-refractivity contribution in [1.29, 1.82) is 0 Å². The second-order valence-electron chi connectivity index (χ2n) is 7.56. The van der Waals surface area contributed by atoms with Crippen molar-refractivity contribution in [2.24, 2.45) is 5.41 Å². The van der Waals surface area contributed by atoms with Gasteiger partial charge in [-0.1, -0.05) is 12.8 Å². The summed E-state index contributed by atoms with van der Waals surface area (Å²) in [4.78, 5) is 14.7. The average Bonchev–Trinajstić information content (AvgIpc) is 2.88. The van der Waals surface area contributed by atoms with Gasteiger partial charge in [-0.05, 0) is 26.7 Å². The third kappa shape index (κ3) is 3.25. The van der Waals surface area contributed by atoms with Gasteiger partial charge in [0.2, 0.25) is 5.91 Å². The fraction of sp³-hybridized carbons (Fsp3) is 0.938. The van der Waals surface area contributed by atoms with Crippen molar-refractivity contribution in [1.82, 2.24) is 15.5 Å². The van der Waals surface area contributed by atoms with Gasteiger partial charge >= 0.3 is 0 Å². The standard InChI is InChI=1S/C16H29N3O2/c1-15(2)12-19(9-10-21-15)8-7-17-14(20)13-16(11-18-13)5-3-4-6-16/h13,18H,3-12H2,1-2H3,(H,17,20). The van der Waals surface area contributed by atoms with E-state index >= 15 is 0 Å². The molecule has 0 aromatic heterocycles. The van der Waals surface area contributed by atoms with Gasteiger partial charge in [-0.25, -0.2) is 0 Å². The Morgan fingerprint density at radius 1 is 1.38 bits per heavy atom. The molecule has 1 saturated carbocycles. The highest BCUT2D eigenvalue weighted by Gasteiger charge is 2.51. The number of carbonyl (C=O) groups excluding carboxylic acids is 1. The van der Waals surface area contributed by atoms with Gasteiger partial charge in [0.05, 0.1) is 18.2 Å². The maximum absolute atomic E-state index is 12.3. The molecule has 2 aliphatic heterocycles. The van der Waals surface area contributed by atoms with E-state index in [1.165, 1.54) is 25.7 Å². The zero-order valence-electron chi connectivity index (χ0n) is 13.4. The Hall–Kier alpha value is -0.650. The highest BCUT2D eigenvalue weighted by atomic mass is 16.5. The Morgan fingerprint density at radius 3 is 2.76 bits per heavy atom. The first-order valence-electron chi connectivity index (χ1n) is 8.38. The smallest absolute Gasteiger partial charge is 0.237 e. The van der Waals surface area contributed by atoms with Crippen LogP contribution >= 0.6 is 0 Å². The van der Waals surface area contributed by atoms with Crippen molar-refractivity contribution in [3.8, 4) is 0 Å². The number of rotatable bonds is 4. The third-order valence-electron chi connectivity index (χ3n) is 5.36. The number of amides is 1. The summed E-state index contributed by atoms with van der Waals surface area (Å²) in [7, 11) is 0. The van der Waals surface area contributed by atoms with Crippen LogP contribution in [0.4, 0.5) is 0 Å². The van der Waals surface area contributed by atoms with Crippen LogP contribution in [0.1, 0.15) is 39.5 Å². The van der Waals surface area contributed by atoms with Crippen LogP contribution in [0.2, 0.25) is 0 Å². The van der Waals surface area contributed by atoms with Crippen molar-refractivity contribution in [3.05, 3.63) is 0 Å². The molecule has 1 amide bonds. The molecule has 5 heteroatoms. The Balaban J connectivity index is 1.40. The second-order valence-corrected chi connectivity index (χ2v) is 7.56. The lowest BCUT2D eigenvalue weighted by atomic mass is 9.71. The number of morpholine rings is 1. The molecular weight excluding hydrogens is 266 g/mol. The predicted molar refractivity (Wildman–Crippen MR) is 82.2 cm³/mol. The van der Waals surface area contributed by atoms with Gasteiger partial charge in [-0.3, -0.25) is 9.69 Å². The summed E-state index contributed by atoms with van der Waals surface area (Å²) >= 11 is 0. The summed E-state index contributed by atoms with van der Waals surface area (Å²) in [5.74, 6) is 0.204. The van der Waals surface area contributed by atoms with Gasteiger partial charge in [-0.2, -0.15) is 0 Å². The molecule has 0 aromatic rings. The van der Waals surface area contributed by atoms with Gasteiger partial charge in [0, 0.05) is 38.1 Å². The fourth-order valence-corrected chi connectivity index (χ4v) is 4.15. The summed E-state index contributed by atoms with van der Waals surface area (Å²) in [6.45, 7) is 9.62. The average molecular weight is 295 g/mol. The van der Waals surface area contributed by atoms with E-state index in [-0.39, 0.29) is 23.0 Å². The molecule has 3 fully saturated rings. The van der Waals surface area contributed by atoms with Crippen molar-refractivity contribution in [3.63, 3.8) is 0 Å². The number of hydrogen-bond acceptors (Lipinski definition) is 4. The third-order valence-corrected chi connectivity index (χ3v) is 5.36. The van der Waals surface area contributed by atoms with E-state index in [0.29, 0.717) is 0 Å². The normalized spacial score (nSPS) is 31.0. The van der Waals surface area contributed by atoms with Crippen LogP contribution in [-0.4, -0.2) is 61.8 Å². The number of carbonyl (C=O) groups is 1. The van der Waals surface area contributed by atoms with Crippen molar-refractivity contribution < 1.29 is 9.53 Å². The van der Waals surface area contributed by atoms with Crippen LogP contribution in [0.3, 0.4) is 0 Å². The molecule has 3 aliphatic rings. The molecule has 0 bridgehead atoms. The van der Waals surface area contributed by atoms with Crippen LogP contribution < -0.4 is 10.6 Å². The molecule has 1 spiro atoms. The molecule has 0 aromatic carbocycles.